The molecule has 98 valence electrons. The molecule has 0 radical (unpaired) electrons. The van der Waals surface area contributed by atoms with Gasteiger partial charge in [0.25, 0.3) is 0 Å². The molecule has 1 heterocycles. The lowest BCUT2D eigenvalue weighted by Gasteiger charge is -2.43. The van der Waals surface area contributed by atoms with Crippen LogP contribution in [0.15, 0.2) is 0 Å². The van der Waals surface area contributed by atoms with Gasteiger partial charge in [-0.3, -0.25) is 4.79 Å². The summed E-state index contributed by atoms with van der Waals surface area (Å²) < 4.78 is 0. The highest BCUT2D eigenvalue weighted by atomic mass is 16.3. The molecule has 0 aromatic rings. The third kappa shape index (κ3) is 2.80. The summed E-state index contributed by atoms with van der Waals surface area (Å²) in [5, 5.41) is 9.85. The Morgan fingerprint density at radius 2 is 1.88 bits per heavy atom. The van der Waals surface area contributed by atoms with E-state index in [1.54, 1.807) is 0 Å². The molecule has 0 unspecified atom stereocenters. The van der Waals surface area contributed by atoms with E-state index in [2.05, 4.69) is 0 Å². The molecule has 1 saturated heterocycles. The highest BCUT2D eigenvalue weighted by Crippen LogP contribution is 2.43. The molecule has 1 amide bonds. The summed E-state index contributed by atoms with van der Waals surface area (Å²) in [6.45, 7) is 3.85. The van der Waals surface area contributed by atoms with Gasteiger partial charge in [-0.1, -0.05) is 6.42 Å². The van der Waals surface area contributed by atoms with Gasteiger partial charge in [0, 0.05) is 19.5 Å². The SMILES string of the molecule is CC1(O)CCN(C(=O)CC2(CN)CCC2)CC1. The van der Waals surface area contributed by atoms with Gasteiger partial charge >= 0.3 is 0 Å². The van der Waals surface area contributed by atoms with E-state index >= 15 is 0 Å². The Labute approximate surface area is 103 Å². The molecule has 0 atom stereocenters. The van der Waals surface area contributed by atoms with E-state index in [9.17, 15) is 9.90 Å². The van der Waals surface area contributed by atoms with E-state index in [1.165, 1.54) is 6.42 Å². The van der Waals surface area contributed by atoms with Crippen molar-refractivity contribution in [3.8, 4) is 0 Å². The Morgan fingerprint density at radius 3 is 2.29 bits per heavy atom. The summed E-state index contributed by atoms with van der Waals surface area (Å²) in [7, 11) is 0. The fraction of sp³-hybridized carbons (Fsp3) is 0.923. The Hall–Kier alpha value is -0.610. The molecule has 4 heteroatoms. The molecule has 1 saturated carbocycles. The van der Waals surface area contributed by atoms with Gasteiger partial charge in [0.1, 0.15) is 0 Å². The summed E-state index contributed by atoms with van der Waals surface area (Å²) in [5.41, 5.74) is 5.29. The van der Waals surface area contributed by atoms with Crippen molar-refractivity contribution < 1.29 is 9.90 Å². The van der Waals surface area contributed by atoms with Crippen LogP contribution in [0.2, 0.25) is 0 Å². The summed E-state index contributed by atoms with van der Waals surface area (Å²) >= 11 is 0. The van der Waals surface area contributed by atoms with Crippen LogP contribution in [0, 0.1) is 5.41 Å². The van der Waals surface area contributed by atoms with Crippen LogP contribution in [0.1, 0.15) is 45.4 Å². The average Bonchev–Trinajstić information content (AvgIpc) is 2.23. The average molecular weight is 240 g/mol. The van der Waals surface area contributed by atoms with E-state index in [0.717, 1.165) is 12.8 Å². The number of nitrogens with two attached hydrogens (primary N) is 1. The molecule has 1 aliphatic heterocycles. The van der Waals surface area contributed by atoms with E-state index in [4.69, 9.17) is 5.73 Å². The van der Waals surface area contributed by atoms with Crippen LogP contribution in [-0.4, -0.2) is 41.1 Å². The maximum Gasteiger partial charge on any atom is 0.223 e. The molecule has 4 nitrogen and oxygen atoms in total. The molecule has 0 aromatic heterocycles. The molecule has 1 aliphatic carbocycles. The first-order valence-electron chi connectivity index (χ1n) is 6.67. The largest absolute Gasteiger partial charge is 0.390 e. The lowest BCUT2D eigenvalue weighted by Crippen LogP contribution is -2.48. The molecule has 2 aliphatic rings. The smallest absolute Gasteiger partial charge is 0.223 e. The zero-order valence-electron chi connectivity index (χ0n) is 10.7. The van der Waals surface area contributed by atoms with Gasteiger partial charge in [0.2, 0.25) is 5.91 Å². The first-order chi connectivity index (χ1) is 7.96. The number of aliphatic hydroxyl groups is 1. The molecular formula is C13H24N2O2. The number of hydrogen-bond donors (Lipinski definition) is 2. The second-order valence-corrected chi connectivity index (χ2v) is 6.11. The molecule has 0 bridgehead atoms. The van der Waals surface area contributed by atoms with Crippen molar-refractivity contribution in [1.29, 1.82) is 0 Å². The molecule has 17 heavy (non-hydrogen) atoms. The Kier molecular flexibility index (Phi) is 3.46. The number of rotatable bonds is 3. The van der Waals surface area contributed by atoms with Gasteiger partial charge in [-0.25, -0.2) is 0 Å². The van der Waals surface area contributed by atoms with Gasteiger partial charge in [-0.05, 0) is 44.6 Å². The second kappa shape index (κ2) is 4.58. The Morgan fingerprint density at radius 1 is 1.29 bits per heavy atom. The van der Waals surface area contributed by atoms with Crippen LogP contribution in [0.4, 0.5) is 0 Å². The number of carbonyl (C=O) groups excluding carboxylic acids is 1. The predicted molar refractivity (Wildman–Crippen MR) is 66.4 cm³/mol. The number of nitrogens with zero attached hydrogens (tertiary/aromatic N) is 1. The topological polar surface area (TPSA) is 66.6 Å². The zero-order valence-corrected chi connectivity index (χ0v) is 10.7. The van der Waals surface area contributed by atoms with Gasteiger partial charge < -0.3 is 15.7 Å². The molecule has 0 spiro atoms. The van der Waals surface area contributed by atoms with Crippen molar-refractivity contribution in [3.63, 3.8) is 0 Å². The van der Waals surface area contributed by atoms with Crippen LogP contribution in [0.5, 0.6) is 0 Å². The molecule has 3 N–H and O–H groups in total. The van der Waals surface area contributed by atoms with Crippen LogP contribution in [0.3, 0.4) is 0 Å². The van der Waals surface area contributed by atoms with Crippen LogP contribution >= 0.6 is 0 Å². The number of hydrogen-bond acceptors (Lipinski definition) is 3. The predicted octanol–water partition coefficient (Wildman–Crippen LogP) is 0.879. The third-order valence-corrected chi connectivity index (χ3v) is 4.57. The monoisotopic (exact) mass is 240 g/mol. The summed E-state index contributed by atoms with van der Waals surface area (Å²) in [6.07, 6.45) is 5.38. The number of carbonyl (C=O) groups is 1. The zero-order chi connectivity index (χ0) is 12.5. The van der Waals surface area contributed by atoms with Crippen molar-refractivity contribution in [3.05, 3.63) is 0 Å². The van der Waals surface area contributed by atoms with Crippen LogP contribution < -0.4 is 5.73 Å². The first kappa shape index (κ1) is 12.8. The Balaban J connectivity index is 1.85. The van der Waals surface area contributed by atoms with Crippen molar-refractivity contribution in [2.24, 2.45) is 11.1 Å². The number of piperidine rings is 1. The lowest BCUT2D eigenvalue weighted by molar-refractivity contribution is -0.138. The van der Waals surface area contributed by atoms with Gasteiger partial charge in [0.15, 0.2) is 0 Å². The van der Waals surface area contributed by atoms with E-state index in [1.807, 2.05) is 11.8 Å². The maximum absolute atomic E-state index is 12.2. The standard InChI is InChI=1S/C13H24N2O2/c1-12(17)5-7-15(8-6-12)11(16)9-13(10-14)3-2-4-13/h17H,2-10,14H2,1H3. The quantitative estimate of drug-likeness (QED) is 0.769. The van der Waals surface area contributed by atoms with E-state index in [0.29, 0.717) is 38.9 Å². The minimum Gasteiger partial charge on any atom is -0.390 e. The van der Waals surface area contributed by atoms with Crippen molar-refractivity contribution >= 4 is 5.91 Å². The highest BCUT2D eigenvalue weighted by Gasteiger charge is 2.39. The maximum atomic E-state index is 12.2. The van der Waals surface area contributed by atoms with E-state index < -0.39 is 5.60 Å². The van der Waals surface area contributed by atoms with Gasteiger partial charge in [-0.15, -0.1) is 0 Å². The number of amides is 1. The van der Waals surface area contributed by atoms with Crippen LogP contribution in [-0.2, 0) is 4.79 Å². The summed E-state index contributed by atoms with van der Waals surface area (Å²) in [4.78, 5) is 14.1. The molecular weight excluding hydrogens is 216 g/mol. The third-order valence-electron chi connectivity index (χ3n) is 4.57. The van der Waals surface area contributed by atoms with Gasteiger partial charge in [0.05, 0.1) is 5.60 Å². The number of likely N-dealkylation sites (tertiary alicyclic amines) is 1. The van der Waals surface area contributed by atoms with Crippen molar-refractivity contribution in [2.75, 3.05) is 19.6 Å². The minimum atomic E-state index is -0.585. The van der Waals surface area contributed by atoms with Crippen LogP contribution in [0.25, 0.3) is 0 Å². The highest BCUT2D eigenvalue weighted by molar-refractivity contribution is 5.77. The second-order valence-electron chi connectivity index (χ2n) is 6.11. The minimum absolute atomic E-state index is 0.0943. The van der Waals surface area contributed by atoms with Crippen molar-refractivity contribution in [2.45, 2.75) is 51.0 Å². The molecule has 2 rings (SSSR count). The first-order valence-corrected chi connectivity index (χ1v) is 6.67. The van der Waals surface area contributed by atoms with Gasteiger partial charge in [-0.2, -0.15) is 0 Å². The fourth-order valence-corrected chi connectivity index (χ4v) is 2.80. The summed E-state index contributed by atoms with van der Waals surface area (Å²) in [6, 6.07) is 0. The Bertz CT molecular complexity index is 282. The lowest BCUT2D eigenvalue weighted by atomic mass is 9.66. The fourth-order valence-electron chi connectivity index (χ4n) is 2.80. The molecule has 2 fully saturated rings. The van der Waals surface area contributed by atoms with E-state index in [-0.39, 0.29) is 11.3 Å². The normalized spacial score (nSPS) is 26.4. The summed E-state index contributed by atoms with van der Waals surface area (Å²) in [5.74, 6) is 0.227. The molecule has 0 aromatic carbocycles. The van der Waals surface area contributed by atoms with Crippen molar-refractivity contribution in [1.82, 2.24) is 4.90 Å².